The number of nitrogens with zero attached hydrogens (tertiary/aromatic N) is 1. The molecule has 0 atom stereocenters. The van der Waals surface area contributed by atoms with Crippen LogP contribution in [0.4, 0.5) is 4.39 Å². The monoisotopic (exact) mass is 289 g/mol. The topological polar surface area (TPSA) is 3.24 Å². The van der Waals surface area contributed by atoms with Gasteiger partial charge in [0.25, 0.3) is 0 Å². The summed E-state index contributed by atoms with van der Waals surface area (Å²) in [7, 11) is 0. The lowest BCUT2D eigenvalue weighted by molar-refractivity contribution is 0.338. The fourth-order valence-corrected chi connectivity index (χ4v) is 3.21. The zero-order valence-electron chi connectivity index (χ0n) is 13.4. The maximum absolute atomic E-state index is 14.3. The van der Waals surface area contributed by atoms with Crippen LogP contribution in [0.15, 0.2) is 24.3 Å². The Morgan fingerprint density at radius 3 is 2.48 bits per heavy atom. The molecule has 0 aromatic heterocycles. The lowest BCUT2D eigenvalue weighted by Gasteiger charge is -2.22. The van der Waals surface area contributed by atoms with Gasteiger partial charge in [-0.15, -0.1) is 0 Å². The molecular weight excluding hydrogens is 261 g/mol. The number of halogens is 1. The van der Waals surface area contributed by atoms with Crippen LogP contribution in [0.5, 0.6) is 0 Å². The molecule has 1 aromatic rings. The van der Waals surface area contributed by atoms with E-state index in [4.69, 9.17) is 0 Å². The highest BCUT2D eigenvalue weighted by Crippen LogP contribution is 2.34. The molecule has 0 radical (unpaired) electrons. The van der Waals surface area contributed by atoms with Gasteiger partial charge in [0.05, 0.1) is 0 Å². The van der Waals surface area contributed by atoms with E-state index < -0.39 is 0 Å². The molecule has 1 saturated carbocycles. The zero-order valence-corrected chi connectivity index (χ0v) is 13.4. The predicted molar refractivity (Wildman–Crippen MR) is 89.0 cm³/mol. The lowest BCUT2D eigenvalue weighted by atomic mass is 9.83. The third-order valence-corrected chi connectivity index (χ3v) is 4.64. The Kier molecular flexibility index (Phi) is 6.44. The summed E-state index contributed by atoms with van der Waals surface area (Å²) in [6.07, 6.45) is 10.3. The summed E-state index contributed by atoms with van der Waals surface area (Å²) in [5, 5.41) is 0. The van der Waals surface area contributed by atoms with E-state index in [-0.39, 0.29) is 5.82 Å². The summed E-state index contributed by atoms with van der Waals surface area (Å²) >= 11 is 0. The molecule has 0 N–H and O–H groups in total. The second-order valence-corrected chi connectivity index (χ2v) is 6.00. The molecule has 1 aromatic carbocycles. The Labute approximate surface area is 128 Å². The molecule has 2 heteroatoms. The molecule has 2 rings (SSSR count). The number of benzene rings is 1. The summed E-state index contributed by atoms with van der Waals surface area (Å²) in [5.74, 6) is 0.416. The summed E-state index contributed by atoms with van der Waals surface area (Å²) in [6.45, 7) is 7.36. The highest BCUT2D eigenvalue weighted by molar-refractivity contribution is 5.50. The Balaban J connectivity index is 1.99. The molecule has 1 fully saturated rings. The van der Waals surface area contributed by atoms with E-state index in [1.807, 2.05) is 12.1 Å². The normalized spacial score (nSPS) is 17.0. The van der Waals surface area contributed by atoms with Gasteiger partial charge in [0, 0.05) is 6.54 Å². The van der Waals surface area contributed by atoms with Crippen LogP contribution in [0.1, 0.15) is 63.0 Å². The van der Waals surface area contributed by atoms with Crippen molar-refractivity contribution in [1.29, 1.82) is 0 Å². The van der Waals surface area contributed by atoms with Gasteiger partial charge in [0.2, 0.25) is 0 Å². The number of hydrogen-bond donors (Lipinski definition) is 0. The first-order chi connectivity index (χ1) is 10.2. The van der Waals surface area contributed by atoms with Gasteiger partial charge in [0.1, 0.15) is 5.82 Å². The van der Waals surface area contributed by atoms with Crippen LogP contribution < -0.4 is 0 Å². The minimum atomic E-state index is -0.0214. The molecule has 0 heterocycles. The summed E-state index contributed by atoms with van der Waals surface area (Å²) in [6, 6.07) is 5.76. The van der Waals surface area contributed by atoms with Crippen molar-refractivity contribution in [2.45, 2.75) is 51.9 Å². The Bertz CT molecular complexity index is 457. The molecule has 116 valence electrons. The maximum Gasteiger partial charge on any atom is 0.127 e. The van der Waals surface area contributed by atoms with Gasteiger partial charge >= 0.3 is 0 Å². The van der Waals surface area contributed by atoms with Crippen molar-refractivity contribution in [3.05, 3.63) is 41.2 Å². The Hall–Kier alpha value is -1.15. The van der Waals surface area contributed by atoms with Gasteiger partial charge in [-0.05, 0) is 49.0 Å². The fourth-order valence-electron chi connectivity index (χ4n) is 3.21. The van der Waals surface area contributed by atoms with Gasteiger partial charge in [-0.25, -0.2) is 4.39 Å². The molecule has 1 aliphatic rings. The van der Waals surface area contributed by atoms with Crippen molar-refractivity contribution in [3.8, 4) is 0 Å². The van der Waals surface area contributed by atoms with E-state index in [1.165, 1.54) is 19.3 Å². The van der Waals surface area contributed by atoms with Gasteiger partial charge < -0.3 is 4.90 Å². The summed E-state index contributed by atoms with van der Waals surface area (Å²) in [5.41, 5.74) is 1.90. The maximum atomic E-state index is 14.3. The van der Waals surface area contributed by atoms with Crippen molar-refractivity contribution < 1.29 is 4.39 Å². The molecule has 0 saturated heterocycles. The molecule has 0 aliphatic heterocycles. The lowest BCUT2D eigenvalue weighted by Crippen LogP contribution is -2.22. The van der Waals surface area contributed by atoms with Crippen LogP contribution in [0.2, 0.25) is 0 Å². The average molecular weight is 289 g/mol. The van der Waals surface area contributed by atoms with Crippen molar-refractivity contribution in [2.75, 3.05) is 19.6 Å². The minimum absolute atomic E-state index is 0.0214. The van der Waals surface area contributed by atoms with Crippen LogP contribution in [0.25, 0.3) is 6.08 Å². The fraction of sp³-hybridized carbons (Fsp3) is 0.579. The Morgan fingerprint density at radius 2 is 1.86 bits per heavy atom. The third-order valence-electron chi connectivity index (χ3n) is 4.64. The van der Waals surface area contributed by atoms with E-state index in [9.17, 15) is 4.39 Å². The second kappa shape index (κ2) is 8.33. The van der Waals surface area contributed by atoms with Crippen molar-refractivity contribution in [2.24, 2.45) is 0 Å². The van der Waals surface area contributed by atoms with Crippen molar-refractivity contribution >= 4 is 6.08 Å². The summed E-state index contributed by atoms with van der Waals surface area (Å²) in [4.78, 5) is 2.34. The van der Waals surface area contributed by atoms with Crippen molar-refractivity contribution in [3.63, 3.8) is 0 Å². The molecule has 1 nitrogen and oxygen atoms in total. The summed E-state index contributed by atoms with van der Waals surface area (Å²) < 4.78 is 14.3. The Morgan fingerprint density at radius 1 is 1.14 bits per heavy atom. The van der Waals surface area contributed by atoms with Crippen LogP contribution in [-0.4, -0.2) is 24.5 Å². The smallest absolute Gasteiger partial charge is 0.127 e. The van der Waals surface area contributed by atoms with Gasteiger partial charge in [-0.3, -0.25) is 0 Å². The minimum Gasteiger partial charge on any atom is -0.300 e. The largest absolute Gasteiger partial charge is 0.300 e. The third kappa shape index (κ3) is 4.67. The molecule has 0 amide bonds. The zero-order chi connectivity index (χ0) is 15.1. The standard InChI is InChI=1S/C19H28FN/c1-3-21(4-2)14-8-9-16-12-13-18(19(20)15-16)17-10-6-5-7-11-17/h8-9,12-13,15,17H,3-7,10-11,14H2,1-2H3/b9-8+. The first-order valence-electron chi connectivity index (χ1n) is 8.43. The van der Waals surface area contributed by atoms with Crippen molar-refractivity contribution in [1.82, 2.24) is 4.90 Å². The molecule has 0 unspecified atom stereocenters. The van der Waals surface area contributed by atoms with Crippen LogP contribution in [0, 0.1) is 5.82 Å². The van der Waals surface area contributed by atoms with Crippen LogP contribution in [-0.2, 0) is 0 Å². The molecule has 0 bridgehead atoms. The van der Waals surface area contributed by atoms with Gasteiger partial charge in [-0.2, -0.15) is 0 Å². The van der Waals surface area contributed by atoms with E-state index in [0.29, 0.717) is 5.92 Å². The highest BCUT2D eigenvalue weighted by Gasteiger charge is 2.18. The first-order valence-corrected chi connectivity index (χ1v) is 8.43. The predicted octanol–water partition coefficient (Wildman–Crippen LogP) is 5.23. The first kappa shape index (κ1) is 16.2. The SMILES string of the molecule is CCN(CC)C/C=C/c1ccc(C2CCCCC2)c(F)c1. The average Bonchev–Trinajstić information content (AvgIpc) is 2.52. The molecule has 0 spiro atoms. The van der Waals surface area contributed by atoms with Gasteiger partial charge in [0.15, 0.2) is 0 Å². The quantitative estimate of drug-likeness (QED) is 0.693. The highest BCUT2D eigenvalue weighted by atomic mass is 19.1. The van der Waals surface area contributed by atoms with E-state index >= 15 is 0 Å². The molecular formula is C19H28FN. The van der Waals surface area contributed by atoms with Crippen LogP contribution in [0.3, 0.4) is 0 Å². The second-order valence-electron chi connectivity index (χ2n) is 6.00. The number of rotatable bonds is 6. The molecule has 1 aliphatic carbocycles. The van der Waals surface area contributed by atoms with Gasteiger partial charge in [-0.1, -0.05) is 57.4 Å². The van der Waals surface area contributed by atoms with E-state index in [1.54, 1.807) is 6.07 Å². The van der Waals surface area contributed by atoms with Crippen LogP contribution >= 0.6 is 0 Å². The van der Waals surface area contributed by atoms with E-state index in [2.05, 4.69) is 30.9 Å². The number of likely N-dealkylation sites (N-methyl/N-ethyl adjacent to an activating group) is 1. The molecule has 21 heavy (non-hydrogen) atoms. The number of hydrogen-bond acceptors (Lipinski definition) is 1. The van der Waals surface area contributed by atoms with E-state index in [0.717, 1.165) is 43.6 Å².